The minimum absolute atomic E-state index is 0.0395. The maximum absolute atomic E-state index is 12.7. The van der Waals surface area contributed by atoms with Gasteiger partial charge in [0.2, 0.25) is 5.91 Å². The molecule has 0 unspecified atom stereocenters. The molecule has 21 heavy (non-hydrogen) atoms. The first-order chi connectivity index (χ1) is 9.97. The molecule has 4 rings (SSSR count). The SMILES string of the molecule is CC(=O)N[C@]12CC3(OCCO3)[C@@H]3C[C@H]1[C@@H](O3)C(C)=CC2=O. The van der Waals surface area contributed by atoms with Crippen LogP contribution in [0.25, 0.3) is 0 Å². The summed E-state index contributed by atoms with van der Waals surface area (Å²) in [4.78, 5) is 24.4. The van der Waals surface area contributed by atoms with E-state index < -0.39 is 11.3 Å². The van der Waals surface area contributed by atoms with Gasteiger partial charge in [-0.3, -0.25) is 9.59 Å². The van der Waals surface area contributed by atoms with Crippen LogP contribution >= 0.6 is 0 Å². The molecule has 1 N–H and O–H groups in total. The number of fused-ring (bicyclic) bond motifs is 2. The lowest BCUT2D eigenvalue weighted by molar-refractivity contribution is -0.239. The van der Waals surface area contributed by atoms with Crippen molar-refractivity contribution in [2.24, 2.45) is 5.92 Å². The van der Waals surface area contributed by atoms with Gasteiger partial charge in [-0.1, -0.05) is 0 Å². The molecule has 0 aromatic rings. The Morgan fingerprint density at radius 1 is 1.38 bits per heavy atom. The zero-order chi connectivity index (χ0) is 14.8. The van der Waals surface area contributed by atoms with Crippen molar-refractivity contribution in [3.8, 4) is 0 Å². The Kier molecular flexibility index (Phi) is 2.65. The Morgan fingerprint density at radius 2 is 2.10 bits per heavy atom. The summed E-state index contributed by atoms with van der Waals surface area (Å²) >= 11 is 0. The van der Waals surface area contributed by atoms with Crippen LogP contribution in [0.4, 0.5) is 0 Å². The third kappa shape index (κ3) is 1.64. The molecule has 4 atom stereocenters. The monoisotopic (exact) mass is 293 g/mol. The molecular formula is C15H19NO5. The predicted molar refractivity (Wildman–Crippen MR) is 71.3 cm³/mol. The number of hydrogen-bond acceptors (Lipinski definition) is 5. The minimum atomic E-state index is -0.965. The van der Waals surface area contributed by atoms with Crippen LogP contribution in [0.3, 0.4) is 0 Å². The van der Waals surface area contributed by atoms with Crippen molar-refractivity contribution in [1.29, 1.82) is 0 Å². The third-order valence-electron chi connectivity index (χ3n) is 5.22. The largest absolute Gasteiger partial charge is 0.365 e. The lowest BCUT2D eigenvalue weighted by Gasteiger charge is -2.48. The second kappa shape index (κ2) is 4.15. The summed E-state index contributed by atoms with van der Waals surface area (Å²) in [7, 11) is 0. The molecule has 0 aromatic carbocycles. The second-order valence-corrected chi connectivity index (χ2v) is 6.48. The van der Waals surface area contributed by atoms with Crippen LogP contribution in [0, 0.1) is 5.92 Å². The van der Waals surface area contributed by atoms with Gasteiger partial charge in [0.1, 0.15) is 11.6 Å². The maximum atomic E-state index is 12.7. The van der Waals surface area contributed by atoms with Gasteiger partial charge in [0.05, 0.1) is 19.3 Å². The summed E-state index contributed by atoms with van der Waals surface area (Å²) < 4.78 is 17.8. The van der Waals surface area contributed by atoms with E-state index in [2.05, 4.69) is 5.32 Å². The molecule has 2 bridgehead atoms. The van der Waals surface area contributed by atoms with E-state index in [9.17, 15) is 9.59 Å². The normalized spacial score (nSPS) is 43.0. The number of hydrogen-bond donors (Lipinski definition) is 1. The van der Waals surface area contributed by atoms with Crippen molar-refractivity contribution in [3.05, 3.63) is 11.6 Å². The summed E-state index contributed by atoms with van der Waals surface area (Å²) in [6.07, 6.45) is 2.28. The van der Waals surface area contributed by atoms with Crippen molar-refractivity contribution in [1.82, 2.24) is 5.32 Å². The van der Waals surface area contributed by atoms with Gasteiger partial charge in [0.15, 0.2) is 11.6 Å². The fourth-order valence-corrected chi connectivity index (χ4v) is 4.44. The van der Waals surface area contributed by atoms with Gasteiger partial charge in [0, 0.05) is 19.3 Å². The molecule has 1 saturated carbocycles. The van der Waals surface area contributed by atoms with Crippen LogP contribution in [0.15, 0.2) is 11.6 Å². The fourth-order valence-electron chi connectivity index (χ4n) is 4.44. The van der Waals surface area contributed by atoms with E-state index in [4.69, 9.17) is 14.2 Å². The highest BCUT2D eigenvalue weighted by molar-refractivity contribution is 6.02. The van der Waals surface area contributed by atoms with Gasteiger partial charge < -0.3 is 19.5 Å². The predicted octanol–water partition coefficient (Wildman–Crippen LogP) is 0.311. The summed E-state index contributed by atoms with van der Waals surface area (Å²) in [6.45, 7) is 4.33. The average Bonchev–Trinajstić information content (AvgIpc) is 3.00. The minimum Gasteiger partial charge on any atom is -0.365 e. The van der Waals surface area contributed by atoms with E-state index in [1.54, 1.807) is 6.08 Å². The van der Waals surface area contributed by atoms with Crippen LogP contribution in [-0.4, -0.2) is 48.4 Å². The standard InChI is InChI=1S/C15H19NO5/c1-8-5-11(18)14(16-9(2)17)7-15(19-3-4-20-15)12-6-10(14)13(8)21-12/h5,10,12-13H,3-4,6-7H2,1-2H3,(H,16,17)/t10-,12-,13-,14+/m0/s1. The molecule has 114 valence electrons. The van der Waals surface area contributed by atoms with E-state index >= 15 is 0 Å². The fraction of sp³-hybridized carbons (Fsp3) is 0.733. The molecule has 0 aromatic heterocycles. The van der Waals surface area contributed by atoms with Crippen molar-refractivity contribution >= 4 is 11.7 Å². The van der Waals surface area contributed by atoms with Crippen molar-refractivity contribution in [3.63, 3.8) is 0 Å². The number of rotatable bonds is 1. The van der Waals surface area contributed by atoms with Gasteiger partial charge in [-0.05, 0) is 25.0 Å². The number of ketones is 1. The molecular weight excluding hydrogens is 274 g/mol. The Bertz CT molecular complexity index is 550. The van der Waals surface area contributed by atoms with E-state index in [1.807, 2.05) is 6.92 Å². The first kappa shape index (κ1) is 13.4. The lowest BCUT2D eigenvalue weighted by atomic mass is 9.63. The molecule has 6 nitrogen and oxygen atoms in total. The summed E-state index contributed by atoms with van der Waals surface area (Å²) in [5.74, 6) is -1.23. The first-order valence-corrected chi connectivity index (χ1v) is 7.42. The van der Waals surface area contributed by atoms with Gasteiger partial charge >= 0.3 is 0 Å². The van der Waals surface area contributed by atoms with E-state index in [-0.39, 0.29) is 29.8 Å². The summed E-state index contributed by atoms with van der Waals surface area (Å²) in [5.41, 5.74) is -0.0450. The first-order valence-electron chi connectivity index (χ1n) is 7.42. The Morgan fingerprint density at radius 3 is 2.76 bits per heavy atom. The Labute approximate surface area is 122 Å². The molecule has 2 heterocycles. The molecule has 0 radical (unpaired) electrons. The Balaban J connectivity index is 1.83. The van der Waals surface area contributed by atoms with Crippen molar-refractivity contribution < 1.29 is 23.8 Å². The number of ether oxygens (including phenoxy) is 3. The average molecular weight is 293 g/mol. The van der Waals surface area contributed by atoms with Crippen LogP contribution in [0.1, 0.15) is 26.7 Å². The quantitative estimate of drug-likeness (QED) is 0.753. The molecule has 1 amide bonds. The van der Waals surface area contributed by atoms with Crippen LogP contribution < -0.4 is 5.32 Å². The van der Waals surface area contributed by atoms with Crippen LogP contribution in [0.5, 0.6) is 0 Å². The van der Waals surface area contributed by atoms with Crippen LogP contribution in [0.2, 0.25) is 0 Å². The number of carbonyl (C=O) groups excluding carboxylic acids is 2. The smallest absolute Gasteiger partial charge is 0.217 e. The van der Waals surface area contributed by atoms with Crippen molar-refractivity contribution in [2.75, 3.05) is 13.2 Å². The van der Waals surface area contributed by atoms with Crippen molar-refractivity contribution in [2.45, 2.75) is 50.2 Å². The van der Waals surface area contributed by atoms with Gasteiger partial charge in [0.25, 0.3) is 0 Å². The zero-order valence-electron chi connectivity index (χ0n) is 12.2. The van der Waals surface area contributed by atoms with E-state index in [1.165, 1.54) is 6.92 Å². The topological polar surface area (TPSA) is 73.9 Å². The van der Waals surface area contributed by atoms with E-state index in [0.717, 1.165) is 5.57 Å². The highest BCUT2D eigenvalue weighted by Gasteiger charge is 2.68. The summed E-state index contributed by atoms with van der Waals surface area (Å²) in [5, 5.41) is 2.90. The van der Waals surface area contributed by atoms with E-state index in [0.29, 0.717) is 26.1 Å². The number of carbonyl (C=O) groups is 2. The summed E-state index contributed by atoms with van der Waals surface area (Å²) in [6, 6.07) is 0. The highest BCUT2D eigenvalue weighted by atomic mass is 16.8. The Hall–Kier alpha value is -1.24. The molecule has 4 aliphatic rings. The molecule has 2 saturated heterocycles. The van der Waals surface area contributed by atoms with Gasteiger partial charge in [-0.15, -0.1) is 0 Å². The second-order valence-electron chi connectivity index (χ2n) is 6.48. The zero-order valence-corrected chi connectivity index (χ0v) is 12.2. The third-order valence-corrected chi connectivity index (χ3v) is 5.22. The maximum Gasteiger partial charge on any atom is 0.217 e. The molecule has 6 heteroatoms. The lowest BCUT2D eigenvalue weighted by Crippen LogP contribution is -2.68. The highest BCUT2D eigenvalue weighted by Crippen LogP contribution is 2.55. The number of nitrogens with one attached hydrogen (secondary N) is 1. The molecule has 2 aliphatic carbocycles. The molecule has 3 fully saturated rings. The van der Waals surface area contributed by atoms with Gasteiger partial charge in [-0.2, -0.15) is 0 Å². The van der Waals surface area contributed by atoms with Gasteiger partial charge in [-0.25, -0.2) is 0 Å². The molecule has 1 spiro atoms. The molecule has 2 aliphatic heterocycles. The van der Waals surface area contributed by atoms with Crippen LogP contribution in [-0.2, 0) is 23.8 Å². The number of amides is 1.